The van der Waals surface area contributed by atoms with Crippen molar-refractivity contribution in [1.29, 1.82) is 0 Å². The van der Waals surface area contributed by atoms with Gasteiger partial charge in [-0.2, -0.15) is 0 Å². The van der Waals surface area contributed by atoms with Crippen molar-refractivity contribution in [2.75, 3.05) is 12.8 Å². The van der Waals surface area contributed by atoms with E-state index in [0.29, 0.717) is 34.1 Å². The summed E-state index contributed by atoms with van der Waals surface area (Å²) in [6, 6.07) is 14.4. The largest absolute Gasteiger partial charge is 0.467 e. The molecule has 0 saturated heterocycles. The summed E-state index contributed by atoms with van der Waals surface area (Å²) in [5.41, 5.74) is 0.443. The summed E-state index contributed by atoms with van der Waals surface area (Å²) in [4.78, 5) is 31.8. The molecule has 7 nitrogen and oxygen atoms in total. The number of aromatic nitrogens is 2. The lowest BCUT2D eigenvalue weighted by molar-refractivity contribution is -0.127. The summed E-state index contributed by atoms with van der Waals surface area (Å²) in [5, 5.41) is 1.01. The van der Waals surface area contributed by atoms with Gasteiger partial charge in [0.15, 0.2) is 5.16 Å². The average molecular weight is 409 g/mol. The molecule has 0 bridgehead atoms. The van der Waals surface area contributed by atoms with E-state index in [4.69, 9.17) is 8.83 Å². The van der Waals surface area contributed by atoms with Crippen molar-refractivity contribution < 1.29 is 13.6 Å². The second kappa shape index (κ2) is 8.40. The molecule has 0 radical (unpaired) electrons. The van der Waals surface area contributed by atoms with Gasteiger partial charge in [0.05, 0.1) is 42.3 Å². The summed E-state index contributed by atoms with van der Waals surface area (Å²) < 4.78 is 12.2. The molecule has 3 heterocycles. The van der Waals surface area contributed by atoms with Crippen molar-refractivity contribution in [3.63, 3.8) is 0 Å². The van der Waals surface area contributed by atoms with Crippen LogP contribution in [0, 0.1) is 0 Å². The molecular weight excluding hydrogens is 390 g/mol. The molecule has 148 valence electrons. The summed E-state index contributed by atoms with van der Waals surface area (Å²) >= 11 is 1.24. The maximum atomic E-state index is 13.0. The molecule has 0 unspecified atom stereocenters. The number of hydrogen-bond acceptors (Lipinski definition) is 6. The zero-order valence-corrected chi connectivity index (χ0v) is 16.6. The summed E-state index contributed by atoms with van der Waals surface area (Å²) in [6.07, 6.45) is 3.14. The Hall–Kier alpha value is -3.26. The maximum absolute atomic E-state index is 13.0. The molecule has 0 saturated carbocycles. The van der Waals surface area contributed by atoms with E-state index in [1.165, 1.54) is 11.8 Å². The Labute approximate surface area is 170 Å². The van der Waals surface area contributed by atoms with E-state index in [1.807, 2.05) is 18.2 Å². The van der Waals surface area contributed by atoms with Crippen LogP contribution in [0.5, 0.6) is 0 Å². The van der Waals surface area contributed by atoms with Gasteiger partial charge in [-0.25, -0.2) is 4.98 Å². The second-order valence-electron chi connectivity index (χ2n) is 6.50. The van der Waals surface area contributed by atoms with E-state index in [2.05, 4.69) is 4.98 Å². The fourth-order valence-electron chi connectivity index (χ4n) is 2.92. The first-order valence-electron chi connectivity index (χ1n) is 9.03. The highest BCUT2D eigenvalue weighted by atomic mass is 32.2. The zero-order chi connectivity index (χ0) is 20.2. The van der Waals surface area contributed by atoms with Gasteiger partial charge in [0.1, 0.15) is 11.5 Å². The van der Waals surface area contributed by atoms with E-state index in [-0.39, 0.29) is 23.8 Å². The van der Waals surface area contributed by atoms with Crippen LogP contribution >= 0.6 is 11.8 Å². The molecule has 29 heavy (non-hydrogen) atoms. The lowest BCUT2D eigenvalue weighted by Crippen LogP contribution is -2.29. The Morgan fingerprint density at radius 1 is 1.07 bits per heavy atom. The minimum Gasteiger partial charge on any atom is -0.467 e. The fraction of sp³-hybridized carbons (Fsp3) is 0.190. The third-order valence-corrected chi connectivity index (χ3v) is 5.41. The number of para-hydroxylation sites is 1. The topological polar surface area (TPSA) is 81.5 Å². The number of benzene rings is 1. The molecule has 0 atom stereocenters. The van der Waals surface area contributed by atoms with Crippen LogP contribution in [0.1, 0.15) is 11.5 Å². The van der Waals surface area contributed by atoms with E-state index in [9.17, 15) is 9.59 Å². The van der Waals surface area contributed by atoms with Gasteiger partial charge in [0.25, 0.3) is 5.56 Å². The lowest BCUT2D eigenvalue weighted by atomic mass is 10.2. The summed E-state index contributed by atoms with van der Waals surface area (Å²) in [7, 11) is 1.72. The van der Waals surface area contributed by atoms with Gasteiger partial charge in [0, 0.05) is 7.05 Å². The molecular formula is C21H19N3O4S. The maximum Gasteiger partial charge on any atom is 0.262 e. The van der Waals surface area contributed by atoms with Crippen LogP contribution in [-0.2, 0) is 17.9 Å². The van der Waals surface area contributed by atoms with Crippen molar-refractivity contribution in [3.05, 3.63) is 82.9 Å². The van der Waals surface area contributed by atoms with Crippen LogP contribution in [0.2, 0.25) is 0 Å². The van der Waals surface area contributed by atoms with Crippen molar-refractivity contribution in [1.82, 2.24) is 14.5 Å². The van der Waals surface area contributed by atoms with E-state index < -0.39 is 0 Å². The molecule has 0 spiro atoms. The van der Waals surface area contributed by atoms with Crippen molar-refractivity contribution in [2.24, 2.45) is 0 Å². The van der Waals surface area contributed by atoms with E-state index in [1.54, 1.807) is 59.4 Å². The smallest absolute Gasteiger partial charge is 0.262 e. The Bertz CT molecular complexity index is 1170. The van der Waals surface area contributed by atoms with Crippen LogP contribution in [-0.4, -0.2) is 33.2 Å². The first-order valence-corrected chi connectivity index (χ1v) is 10.0. The Morgan fingerprint density at radius 3 is 2.52 bits per heavy atom. The van der Waals surface area contributed by atoms with Crippen molar-refractivity contribution in [3.8, 4) is 0 Å². The third kappa shape index (κ3) is 4.27. The first kappa shape index (κ1) is 19.1. The highest BCUT2D eigenvalue weighted by Crippen LogP contribution is 2.20. The van der Waals surface area contributed by atoms with Gasteiger partial charge in [0.2, 0.25) is 5.91 Å². The SMILES string of the molecule is CN(Cc1ccco1)C(=O)CSc1nc2ccccc2c(=O)n1Cc1ccco1. The van der Waals surface area contributed by atoms with Crippen LogP contribution in [0.3, 0.4) is 0 Å². The predicted octanol–water partition coefficient (Wildman–Crippen LogP) is 3.38. The normalized spacial score (nSPS) is 11.1. The molecule has 1 amide bonds. The molecule has 0 N–H and O–H groups in total. The monoisotopic (exact) mass is 409 g/mol. The predicted molar refractivity (Wildman–Crippen MR) is 110 cm³/mol. The fourth-order valence-corrected chi connectivity index (χ4v) is 3.86. The highest BCUT2D eigenvalue weighted by Gasteiger charge is 2.16. The molecule has 0 aliphatic heterocycles. The van der Waals surface area contributed by atoms with Crippen molar-refractivity contribution in [2.45, 2.75) is 18.2 Å². The number of carbonyl (C=O) groups is 1. The number of rotatable bonds is 7. The number of hydrogen-bond donors (Lipinski definition) is 0. The molecule has 4 aromatic rings. The molecule has 0 fully saturated rings. The lowest BCUT2D eigenvalue weighted by Gasteiger charge is -2.16. The molecule has 4 rings (SSSR count). The van der Waals surface area contributed by atoms with Gasteiger partial charge in [-0.05, 0) is 36.4 Å². The number of fused-ring (bicyclic) bond motifs is 1. The van der Waals surface area contributed by atoms with Gasteiger partial charge < -0.3 is 13.7 Å². The van der Waals surface area contributed by atoms with Crippen LogP contribution < -0.4 is 5.56 Å². The molecule has 0 aliphatic carbocycles. The van der Waals surface area contributed by atoms with Crippen molar-refractivity contribution >= 4 is 28.6 Å². The Kier molecular flexibility index (Phi) is 5.53. The van der Waals surface area contributed by atoms with Crippen LogP contribution in [0.15, 0.2) is 79.8 Å². The molecule has 0 aliphatic rings. The van der Waals surface area contributed by atoms with E-state index in [0.717, 1.165) is 0 Å². The average Bonchev–Trinajstić information content (AvgIpc) is 3.43. The summed E-state index contributed by atoms with van der Waals surface area (Å²) in [6.45, 7) is 0.638. The second-order valence-corrected chi connectivity index (χ2v) is 7.44. The molecule has 3 aromatic heterocycles. The third-order valence-electron chi connectivity index (χ3n) is 4.44. The zero-order valence-electron chi connectivity index (χ0n) is 15.8. The Morgan fingerprint density at radius 2 is 1.79 bits per heavy atom. The van der Waals surface area contributed by atoms with Gasteiger partial charge in [-0.3, -0.25) is 14.2 Å². The molecule has 1 aromatic carbocycles. The van der Waals surface area contributed by atoms with Crippen LogP contribution in [0.4, 0.5) is 0 Å². The number of amides is 1. The quantitative estimate of drug-likeness (QED) is 0.344. The van der Waals surface area contributed by atoms with Gasteiger partial charge in [-0.15, -0.1) is 0 Å². The minimum absolute atomic E-state index is 0.0849. The number of nitrogens with zero attached hydrogens (tertiary/aromatic N) is 3. The number of carbonyl (C=O) groups excluding carboxylic acids is 1. The summed E-state index contributed by atoms with van der Waals surface area (Å²) in [5.74, 6) is 1.43. The highest BCUT2D eigenvalue weighted by molar-refractivity contribution is 7.99. The Balaban J connectivity index is 1.58. The number of thioether (sulfide) groups is 1. The number of furan rings is 2. The van der Waals surface area contributed by atoms with Crippen LogP contribution in [0.25, 0.3) is 10.9 Å². The van der Waals surface area contributed by atoms with Gasteiger partial charge >= 0.3 is 0 Å². The standard InChI is InChI=1S/C21H19N3O4S/c1-23(12-15-6-4-10-27-15)19(25)14-29-21-22-18-9-3-2-8-17(18)20(26)24(21)13-16-7-5-11-28-16/h2-11H,12-14H2,1H3. The van der Waals surface area contributed by atoms with Gasteiger partial charge in [-0.1, -0.05) is 23.9 Å². The first-order chi connectivity index (χ1) is 14.1. The minimum atomic E-state index is -0.161. The van der Waals surface area contributed by atoms with E-state index >= 15 is 0 Å². The molecule has 8 heteroatoms.